The zero-order chi connectivity index (χ0) is 24.4. The summed E-state index contributed by atoms with van der Waals surface area (Å²) < 4.78 is 0. The first-order valence-corrected chi connectivity index (χ1v) is 11.3. The van der Waals surface area contributed by atoms with Gasteiger partial charge in [0.25, 0.3) is 11.6 Å². The minimum absolute atomic E-state index is 0.0283. The number of hydrogen-bond acceptors (Lipinski definition) is 5. The molecule has 3 N–H and O–H groups in total. The number of fused-ring (bicyclic) bond motifs is 1. The number of hydrogen-bond donors (Lipinski definition) is 3. The summed E-state index contributed by atoms with van der Waals surface area (Å²) in [6, 6.07) is 21.4. The molecule has 0 spiro atoms. The highest BCUT2D eigenvalue weighted by Gasteiger charge is 2.33. The Bertz CT molecular complexity index is 1420. The van der Waals surface area contributed by atoms with Gasteiger partial charge in [-0.3, -0.25) is 24.8 Å². The molecule has 0 saturated heterocycles. The average Bonchev–Trinajstić information content (AvgIpc) is 3.28. The van der Waals surface area contributed by atoms with Crippen LogP contribution in [0, 0.1) is 10.1 Å². The van der Waals surface area contributed by atoms with Crippen molar-refractivity contribution in [1.29, 1.82) is 0 Å². The second-order valence-corrected chi connectivity index (χ2v) is 8.72. The molecule has 1 aromatic heterocycles. The van der Waals surface area contributed by atoms with E-state index in [-0.39, 0.29) is 41.4 Å². The first-order chi connectivity index (χ1) is 17.0. The van der Waals surface area contributed by atoms with Crippen molar-refractivity contribution in [2.24, 2.45) is 0 Å². The first-order valence-electron chi connectivity index (χ1n) is 11.3. The van der Waals surface area contributed by atoms with Gasteiger partial charge in [0.05, 0.1) is 11.3 Å². The highest BCUT2D eigenvalue weighted by atomic mass is 16.6. The third kappa shape index (κ3) is 4.89. The number of nitro groups is 1. The highest BCUT2D eigenvalue weighted by Crippen LogP contribution is 2.36. The van der Waals surface area contributed by atoms with Crippen molar-refractivity contribution >= 4 is 34.1 Å². The Kier molecular flexibility index (Phi) is 5.97. The van der Waals surface area contributed by atoms with E-state index in [2.05, 4.69) is 20.8 Å². The second-order valence-electron chi connectivity index (χ2n) is 8.72. The maximum absolute atomic E-state index is 12.6. The molecular formula is C26H23N5O4. The summed E-state index contributed by atoms with van der Waals surface area (Å²) in [5, 5.41) is 26.0. The molecule has 1 aliphatic carbocycles. The molecular weight excluding hydrogens is 446 g/mol. The number of non-ortho nitro benzene ring substituents is 1. The number of carbonyl (C=O) groups excluding carboxylic acids is 2. The lowest BCUT2D eigenvalue weighted by Crippen LogP contribution is -2.43. The molecule has 9 nitrogen and oxygen atoms in total. The van der Waals surface area contributed by atoms with Crippen molar-refractivity contribution in [3.05, 3.63) is 99.7 Å². The van der Waals surface area contributed by atoms with E-state index in [9.17, 15) is 19.7 Å². The van der Waals surface area contributed by atoms with Gasteiger partial charge in [-0.1, -0.05) is 48.5 Å². The largest absolute Gasteiger partial charge is 0.349 e. The maximum Gasteiger partial charge on any atom is 0.270 e. The molecule has 0 aliphatic heterocycles. The quantitative estimate of drug-likeness (QED) is 0.274. The molecule has 3 aromatic carbocycles. The normalized spacial score (nSPS) is 16.9. The van der Waals surface area contributed by atoms with Crippen LogP contribution < -0.4 is 10.6 Å². The molecule has 176 valence electrons. The van der Waals surface area contributed by atoms with Crippen LogP contribution in [0.1, 0.15) is 40.4 Å². The number of anilines is 1. The monoisotopic (exact) mass is 469 g/mol. The van der Waals surface area contributed by atoms with Crippen LogP contribution in [-0.2, 0) is 11.2 Å². The molecule has 1 fully saturated rings. The van der Waals surface area contributed by atoms with Crippen molar-refractivity contribution in [2.45, 2.75) is 31.2 Å². The van der Waals surface area contributed by atoms with E-state index >= 15 is 0 Å². The van der Waals surface area contributed by atoms with Crippen molar-refractivity contribution < 1.29 is 14.5 Å². The number of nitro benzene ring substituents is 1. The summed E-state index contributed by atoms with van der Waals surface area (Å²) in [5.41, 5.74) is 2.00. The van der Waals surface area contributed by atoms with Gasteiger partial charge in [-0.25, -0.2) is 0 Å². The summed E-state index contributed by atoms with van der Waals surface area (Å²) in [7, 11) is 0. The molecule has 0 unspecified atom stereocenters. The van der Waals surface area contributed by atoms with Crippen LogP contribution >= 0.6 is 0 Å². The zero-order valence-electron chi connectivity index (χ0n) is 18.7. The molecule has 0 bridgehead atoms. The maximum atomic E-state index is 12.6. The van der Waals surface area contributed by atoms with Crippen LogP contribution in [0.25, 0.3) is 10.8 Å². The number of H-pyrrole nitrogens is 1. The number of aromatic amines is 1. The third-order valence-corrected chi connectivity index (χ3v) is 6.33. The molecule has 1 heterocycles. The standard InChI is InChI=1S/C26H23N5O4/c32-25(14-17-7-3-6-16-5-1-2-10-22(16)17)28-24-15-23(29-30-24)19-11-20(12-19)27-26(33)18-8-4-9-21(13-18)31(34)35/h1-10,13,15,19-20H,11-12,14H2,(H,27,33)(H2,28,29,30,32). The topological polar surface area (TPSA) is 130 Å². The van der Waals surface area contributed by atoms with Gasteiger partial charge in [0, 0.05) is 41.4 Å². The molecule has 9 heteroatoms. The highest BCUT2D eigenvalue weighted by molar-refractivity contribution is 5.96. The number of nitrogens with zero attached hydrogens (tertiary/aromatic N) is 2. The first kappa shape index (κ1) is 22.3. The molecule has 2 amide bonds. The number of amides is 2. The summed E-state index contributed by atoms with van der Waals surface area (Å²) in [6.07, 6.45) is 1.68. The van der Waals surface area contributed by atoms with Crippen molar-refractivity contribution in [3.63, 3.8) is 0 Å². The van der Waals surface area contributed by atoms with E-state index in [1.807, 2.05) is 48.5 Å². The van der Waals surface area contributed by atoms with Gasteiger partial charge in [0.1, 0.15) is 0 Å². The van der Waals surface area contributed by atoms with Crippen molar-refractivity contribution in [2.75, 3.05) is 5.32 Å². The summed E-state index contributed by atoms with van der Waals surface area (Å²) in [5.74, 6) is 0.175. The lowest BCUT2D eigenvalue weighted by atomic mass is 9.78. The van der Waals surface area contributed by atoms with E-state index in [0.29, 0.717) is 18.7 Å². The summed E-state index contributed by atoms with van der Waals surface area (Å²) in [4.78, 5) is 35.4. The van der Waals surface area contributed by atoms with Gasteiger partial charge in [-0.15, -0.1) is 0 Å². The number of rotatable bonds is 7. The Hall–Kier alpha value is -4.53. The molecule has 0 radical (unpaired) electrons. The SMILES string of the molecule is O=C(Cc1cccc2ccccc12)Nc1cc(C2CC(NC(=O)c3cccc([N+](=O)[O-])c3)C2)[nH]n1. The smallest absolute Gasteiger partial charge is 0.270 e. The Morgan fingerprint density at radius 3 is 2.63 bits per heavy atom. The van der Waals surface area contributed by atoms with Gasteiger partial charge in [-0.05, 0) is 35.2 Å². The Labute approximate surface area is 200 Å². The fourth-order valence-corrected chi connectivity index (χ4v) is 4.44. The second kappa shape index (κ2) is 9.38. The molecule has 5 rings (SSSR count). The molecule has 0 atom stereocenters. The van der Waals surface area contributed by atoms with E-state index in [1.165, 1.54) is 18.2 Å². The van der Waals surface area contributed by atoms with E-state index in [0.717, 1.165) is 22.0 Å². The van der Waals surface area contributed by atoms with Crippen LogP contribution in [0.5, 0.6) is 0 Å². The van der Waals surface area contributed by atoms with Crippen LogP contribution in [0.3, 0.4) is 0 Å². The molecule has 4 aromatic rings. The van der Waals surface area contributed by atoms with Gasteiger partial charge in [0.2, 0.25) is 5.91 Å². The number of benzene rings is 3. The lowest BCUT2D eigenvalue weighted by molar-refractivity contribution is -0.384. The number of aromatic nitrogens is 2. The third-order valence-electron chi connectivity index (χ3n) is 6.33. The van der Waals surface area contributed by atoms with Crippen molar-refractivity contribution in [1.82, 2.24) is 15.5 Å². The molecule has 35 heavy (non-hydrogen) atoms. The minimum atomic E-state index is -0.521. The van der Waals surface area contributed by atoms with Crippen LogP contribution in [0.15, 0.2) is 72.8 Å². The van der Waals surface area contributed by atoms with Crippen LogP contribution in [0.2, 0.25) is 0 Å². The minimum Gasteiger partial charge on any atom is -0.349 e. The predicted molar refractivity (Wildman–Crippen MR) is 131 cm³/mol. The Morgan fingerprint density at radius 1 is 1.03 bits per heavy atom. The molecule has 1 aliphatic rings. The Morgan fingerprint density at radius 2 is 1.80 bits per heavy atom. The molecule has 1 saturated carbocycles. The number of nitrogens with one attached hydrogen (secondary N) is 3. The van der Waals surface area contributed by atoms with E-state index in [1.54, 1.807) is 6.07 Å². The predicted octanol–water partition coefficient (Wildman–Crippen LogP) is 4.33. The van der Waals surface area contributed by atoms with Gasteiger partial charge in [-0.2, -0.15) is 5.10 Å². The fourth-order valence-electron chi connectivity index (χ4n) is 4.44. The van der Waals surface area contributed by atoms with Crippen LogP contribution in [-0.4, -0.2) is 33.0 Å². The van der Waals surface area contributed by atoms with Crippen LogP contribution in [0.4, 0.5) is 11.5 Å². The summed E-state index contributed by atoms with van der Waals surface area (Å²) >= 11 is 0. The average molecular weight is 470 g/mol. The lowest BCUT2D eigenvalue weighted by Gasteiger charge is -2.35. The van der Waals surface area contributed by atoms with Gasteiger partial charge >= 0.3 is 0 Å². The van der Waals surface area contributed by atoms with Crippen molar-refractivity contribution in [3.8, 4) is 0 Å². The Balaban J connectivity index is 1.14. The van der Waals surface area contributed by atoms with Gasteiger partial charge in [0.15, 0.2) is 5.82 Å². The fraction of sp³-hybridized carbons (Fsp3) is 0.192. The summed E-state index contributed by atoms with van der Waals surface area (Å²) in [6.45, 7) is 0. The van der Waals surface area contributed by atoms with Gasteiger partial charge < -0.3 is 10.6 Å². The van der Waals surface area contributed by atoms with E-state index < -0.39 is 4.92 Å². The zero-order valence-corrected chi connectivity index (χ0v) is 18.7. The number of carbonyl (C=O) groups is 2. The van der Waals surface area contributed by atoms with E-state index in [4.69, 9.17) is 0 Å².